The number of carbonyl (C=O) groups excluding carboxylic acids is 1. The van der Waals surface area contributed by atoms with Crippen molar-refractivity contribution in [1.82, 2.24) is 10.6 Å². The average molecular weight is 228 g/mol. The Bertz CT molecular complexity index is 223. The highest BCUT2D eigenvalue weighted by Crippen LogP contribution is 2.36. The topological polar surface area (TPSA) is 61.4 Å². The molecular weight excluding hydrogens is 204 g/mol. The van der Waals surface area contributed by atoms with Gasteiger partial charge in [0.15, 0.2) is 0 Å². The Morgan fingerprint density at radius 3 is 2.50 bits per heavy atom. The van der Waals surface area contributed by atoms with E-state index in [1.807, 2.05) is 13.8 Å². The first kappa shape index (κ1) is 13.5. The highest BCUT2D eigenvalue weighted by molar-refractivity contribution is 5.78. The molecule has 0 bridgehead atoms. The van der Waals surface area contributed by atoms with E-state index in [4.69, 9.17) is 0 Å². The van der Waals surface area contributed by atoms with Gasteiger partial charge in [0.2, 0.25) is 5.91 Å². The SMILES string of the molecule is CC(C)NC(=O)CNCC1(CO)CCCC1. The van der Waals surface area contributed by atoms with Crippen molar-refractivity contribution < 1.29 is 9.90 Å². The quantitative estimate of drug-likeness (QED) is 0.625. The average Bonchev–Trinajstić information content (AvgIpc) is 2.66. The molecule has 94 valence electrons. The van der Waals surface area contributed by atoms with Gasteiger partial charge in [0.1, 0.15) is 0 Å². The number of nitrogens with one attached hydrogen (secondary N) is 2. The Morgan fingerprint density at radius 2 is 2.00 bits per heavy atom. The largest absolute Gasteiger partial charge is 0.396 e. The molecule has 0 unspecified atom stereocenters. The van der Waals surface area contributed by atoms with Crippen LogP contribution in [0.2, 0.25) is 0 Å². The van der Waals surface area contributed by atoms with Crippen molar-refractivity contribution in [2.45, 2.75) is 45.6 Å². The van der Waals surface area contributed by atoms with E-state index in [0.29, 0.717) is 6.54 Å². The van der Waals surface area contributed by atoms with E-state index in [2.05, 4.69) is 10.6 Å². The van der Waals surface area contributed by atoms with Crippen molar-refractivity contribution in [2.24, 2.45) is 5.41 Å². The lowest BCUT2D eigenvalue weighted by Crippen LogP contribution is -2.42. The van der Waals surface area contributed by atoms with Crippen molar-refractivity contribution in [1.29, 1.82) is 0 Å². The molecule has 0 heterocycles. The number of rotatable bonds is 6. The number of aliphatic hydroxyl groups is 1. The second-order valence-corrected chi connectivity index (χ2v) is 5.19. The molecule has 1 aliphatic rings. The smallest absolute Gasteiger partial charge is 0.234 e. The predicted molar refractivity (Wildman–Crippen MR) is 64.1 cm³/mol. The van der Waals surface area contributed by atoms with Gasteiger partial charge in [-0.2, -0.15) is 0 Å². The van der Waals surface area contributed by atoms with Gasteiger partial charge in [-0.05, 0) is 26.7 Å². The molecule has 0 spiro atoms. The van der Waals surface area contributed by atoms with E-state index in [0.717, 1.165) is 19.4 Å². The first-order valence-electron chi connectivity index (χ1n) is 6.19. The molecule has 4 nitrogen and oxygen atoms in total. The van der Waals surface area contributed by atoms with Gasteiger partial charge in [-0.1, -0.05) is 12.8 Å². The summed E-state index contributed by atoms with van der Waals surface area (Å²) in [6, 6.07) is 0.188. The third-order valence-corrected chi connectivity index (χ3v) is 3.23. The molecule has 1 rings (SSSR count). The van der Waals surface area contributed by atoms with Gasteiger partial charge in [-0.25, -0.2) is 0 Å². The van der Waals surface area contributed by atoms with E-state index in [-0.39, 0.29) is 24.0 Å². The first-order chi connectivity index (χ1) is 7.58. The molecule has 1 fully saturated rings. The zero-order chi connectivity index (χ0) is 12.0. The summed E-state index contributed by atoms with van der Waals surface area (Å²) in [5.41, 5.74) is 0.0259. The van der Waals surface area contributed by atoms with E-state index in [1.165, 1.54) is 12.8 Å². The van der Waals surface area contributed by atoms with Crippen LogP contribution in [-0.2, 0) is 4.79 Å². The number of aliphatic hydroxyl groups excluding tert-OH is 1. The predicted octanol–water partition coefficient (Wildman–Crippen LogP) is 0.653. The van der Waals surface area contributed by atoms with Crippen LogP contribution in [0.5, 0.6) is 0 Å². The van der Waals surface area contributed by atoms with Crippen LogP contribution in [-0.4, -0.2) is 36.8 Å². The molecule has 0 aliphatic heterocycles. The van der Waals surface area contributed by atoms with Gasteiger partial charge in [-0.15, -0.1) is 0 Å². The summed E-state index contributed by atoms with van der Waals surface area (Å²) >= 11 is 0. The highest BCUT2D eigenvalue weighted by Gasteiger charge is 2.32. The van der Waals surface area contributed by atoms with Crippen LogP contribution in [0, 0.1) is 5.41 Å². The molecule has 4 heteroatoms. The van der Waals surface area contributed by atoms with Crippen LogP contribution in [0.25, 0.3) is 0 Å². The first-order valence-corrected chi connectivity index (χ1v) is 6.19. The fourth-order valence-corrected chi connectivity index (χ4v) is 2.33. The number of carbonyl (C=O) groups is 1. The summed E-state index contributed by atoms with van der Waals surface area (Å²) in [7, 11) is 0. The van der Waals surface area contributed by atoms with Gasteiger partial charge < -0.3 is 15.7 Å². The Balaban J connectivity index is 2.21. The minimum atomic E-state index is 0.0259. The summed E-state index contributed by atoms with van der Waals surface area (Å²) < 4.78 is 0. The zero-order valence-corrected chi connectivity index (χ0v) is 10.4. The fraction of sp³-hybridized carbons (Fsp3) is 0.917. The van der Waals surface area contributed by atoms with Crippen molar-refractivity contribution in [3.05, 3.63) is 0 Å². The Kier molecular flexibility index (Phi) is 5.22. The second-order valence-electron chi connectivity index (χ2n) is 5.19. The van der Waals surface area contributed by atoms with Crippen molar-refractivity contribution in [3.8, 4) is 0 Å². The number of hydrogen-bond acceptors (Lipinski definition) is 3. The summed E-state index contributed by atoms with van der Waals surface area (Å²) in [6.07, 6.45) is 4.53. The normalized spacial score (nSPS) is 19.0. The van der Waals surface area contributed by atoms with E-state index in [9.17, 15) is 9.90 Å². The maximum Gasteiger partial charge on any atom is 0.234 e. The van der Waals surface area contributed by atoms with Crippen molar-refractivity contribution >= 4 is 5.91 Å². The summed E-state index contributed by atoms with van der Waals surface area (Å²) in [4.78, 5) is 11.4. The van der Waals surface area contributed by atoms with Crippen molar-refractivity contribution in [2.75, 3.05) is 19.7 Å². The van der Waals surface area contributed by atoms with Gasteiger partial charge in [0.05, 0.1) is 6.54 Å². The second kappa shape index (κ2) is 6.21. The standard InChI is InChI=1S/C12H24N2O2/c1-10(2)14-11(16)7-13-8-12(9-15)5-3-4-6-12/h10,13,15H,3-9H2,1-2H3,(H,14,16). The fourth-order valence-electron chi connectivity index (χ4n) is 2.33. The third kappa shape index (κ3) is 4.10. The van der Waals surface area contributed by atoms with Crippen LogP contribution >= 0.6 is 0 Å². The number of amides is 1. The van der Waals surface area contributed by atoms with E-state index < -0.39 is 0 Å². The van der Waals surface area contributed by atoms with Crippen LogP contribution < -0.4 is 10.6 Å². The number of hydrogen-bond donors (Lipinski definition) is 3. The summed E-state index contributed by atoms with van der Waals surface area (Å²) in [6.45, 7) is 5.22. The van der Waals surface area contributed by atoms with E-state index >= 15 is 0 Å². The zero-order valence-electron chi connectivity index (χ0n) is 10.4. The Hall–Kier alpha value is -0.610. The Morgan fingerprint density at radius 1 is 1.38 bits per heavy atom. The van der Waals surface area contributed by atoms with Crippen LogP contribution in [0.1, 0.15) is 39.5 Å². The maximum absolute atomic E-state index is 11.4. The lowest BCUT2D eigenvalue weighted by Gasteiger charge is -2.26. The molecule has 0 aromatic carbocycles. The van der Waals surface area contributed by atoms with Crippen molar-refractivity contribution in [3.63, 3.8) is 0 Å². The third-order valence-electron chi connectivity index (χ3n) is 3.23. The molecule has 1 amide bonds. The van der Waals surface area contributed by atoms with Crippen LogP contribution in [0.4, 0.5) is 0 Å². The Labute approximate surface area is 97.8 Å². The van der Waals surface area contributed by atoms with Gasteiger partial charge in [-0.3, -0.25) is 4.79 Å². The van der Waals surface area contributed by atoms with E-state index in [1.54, 1.807) is 0 Å². The molecular formula is C12H24N2O2. The maximum atomic E-state index is 11.4. The molecule has 3 N–H and O–H groups in total. The van der Waals surface area contributed by atoms with Gasteiger partial charge >= 0.3 is 0 Å². The summed E-state index contributed by atoms with van der Waals surface area (Å²) in [5, 5.41) is 15.4. The molecule has 0 saturated heterocycles. The molecule has 0 radical (unpaired) electrons. The molecule has 1 saturated carbocycles. The van der Waals surface area contributed by atoms with Gasteiger partial charge in [0.25, 0.3) is 0 Å². The van der Waals surface area contributed by atoms with Gasteiger partial charge in [0, 0.05) is 24.6 Å². The molecule has 1 aliphatic carbocycles. The molecule has 0 aromatic heterocycles. The molecule has 16 heavy (non-hydrogen) atoms. The lowest BCUT2D eigenvalue weighted by molar-refractivity contribution is -0.120. The minimum absolute atomic E-state index is 0.0259. The van der Waals surface area contributed by atoms with Crippen LogP contribution in [0.15, 0.2) is 0 Å². The summed E-state index contributed by atoms with van der Waals surface area (Å²) in [5.74, 6) is 0.0288. The highest BCUT2D eigenvalue weighted by atomic mass is 16.3. The minimum Gasteiger partial charge on any atom is -0.396 e. The lowest BCUT2D eigenvalue weighted by atomic mass is 9.87. The monoisotopic (exact) mass is 228 g/mol. The van der Waals surface area contributed by atoms with Crippen LogP contribution in [0.3, 0.4) is 0 Å². The molecule has 0 aromatic rings. The molecule has 0 atom stereocenters.